The van der Waals surface area contributed by atoms with Gasteiger partial charge in [0.25, 0.3) is 5.91 Å². The van der Waals surface area contributed by atoms with E-state index in [0.717, 1.165) is 69.8 Å². The first-order chi connectivity index (χ1) is 28.6. The summed E-state index contributed by atoms with van der Waals surface area (Å²) in [5, 5.41) is 9.76. The van der Waals surface area contributed by atoms with Crippen molar-refractivity contribution in [3.05, 3.63) is 95.0 Å². The summed E-state index contributed by atoms with van der Waals surface area (Å²) < 4.78 is 12.0. The molecule has 4 atom stereocenters. The molecule has 2 aliphatic rings. The molecular weight excluding hydrogens is 789 g/mol. The third-order valence-corrected chi connectivity index (χ3v) is 13.4. The average Bonchev–Trinajstić information content (AvgIpc) is 4.11. The molecule has 8 rings (SSSR count). The molecule has 2 fully saturated rings. The summed E-state index contributed by atoms with van der Waals surface area (Å²) in [6, 6.07) is 15.5. The van der Waals surface area contributed by atoms with E-state index in [-0.39, 0.29) is 29.8 Å². The van der Waals surface area contributed by atoms with Crippen LogP contribution < -0.4 is 10.6 Å². The van der Waals surface area contributed by atoms with Crippen molar-refractivity contribution in [1.82, 2.24) is 40.4 Å². The summed E-state index contributed by atoms with van der Waals surface area (Å²) >= 11 is 3.38. The number of nitrogens with one attached hydrogen (secondary N) is 4. The van der Waals surface area contributed by atoms with Gasteiger partial charge in [-0.3, -0.25) is 9.59 Å². The molecule has 306 valence electrons. The van der Waals surface area contributed by atoms with Gasteiger partial charge in [-0.25, -0.2) is 19.6 Å². The van der Waals surface area contributed by atoms with Crippen molar-refractivity contribution in [3.63, 3.8) is 0 Å². The summed E-state index contributed by atoms with van der Waals surface area (Å²) in [7, 11) is 2.58. The maximum atomic E-state index is 14.0. The molecule has 4 aromatic heterocycles. The lowest BCUT2D eigenvalue weighted by Crippen LogP contribution is -2.51. The van der Waals surface area contributed by atoms with Crippen LogP contribution in [0.3, 0.4) is 0 Å². The van der Waals surface area contributed by atoms with E-state index in [4.69, 9.17) is 19.4 Å². The summed E-state index contributed by atoms with van der Waals surface area (Å²) in [6.45, 7) is 4.95. The number of rotatable bonds is 11. The van der Waals surface area contributed by atoms with E-state index in [1.807, 2.05) is 61.5 Å². The van der Waals surface area contributed by atoms with Crippen LogP contribution in [0.15, 0.2) is 77.8 Å². The molecule has 4 amide bonds. The Balaban J connectivity index is 0.968. The first kappa shape index (κ1) is 39.8. The van der Waals surface area contributed by atoms with Crippen LogP contribution in [0.2, 0.25) is 0 Å². The van der Waals surface area contributed by atoms with Gasteiger partial charge in [-0.15, -0.1) is 22.7 Å². The Hall–Kier alpha value is -6.00. The van der Waals surface area contributed by atoms with Crippen molar-refractivity contribution in [2.24, 2.45) is 5.92 Å². The predicted octanol–water partition coefficient (Wildman–Crippen LogP) is 8.21. The minimum Gasteiger partial charge on any atom is -0.453 e. The van der Waals surface area contributed by atoms with E-state index in [0.29, 0.717) is 24.5 Å². The van der Waals surface area contributed by atoms with Gasteiger partial charge in [-0.05, 0) is 48.3 Å². The highest BCUT2D eigenvalue weighted by molar-refractivity contribution is 7.27. The van der Waals surface area contributed by atoms with Crippen molar-refractivity contribution >= 4 is 56.1 Å². The van der Waals surface area contributed by atoms with Gasteiger partial charge >= 0.3 is 12.2 Å². The quantitative estimate of drug-likeness (QED) is 0.101. The van der Waals surface area contributed by atoms with Gasteiger partial charge in [0.05, 0.1) is 59.5 Å². The van der Waals surface area contributed by atoms with Crippen molar-refractivity contribution in [2.45, 2.75) is 63.7 Å². The molecule has 6 heterocycles. The van der Waals surface area contributed by atoms with E-state index in [9.17, 15) is 19.2 Å². The number of methoxy groups -OCH3 is 2. The van der Waals surface area contributed by atoms with Crippen molar-refractivity contribution < 1.29 is 28.7 Å². The smallest absolute Gasteiger partial charge is 0.407 e. The molecule has 0 radical (unpaired) electrons. The summed E-state index contributed by atoms with van der Waals surface area (Å²) in [5.74, 6) is 0.982. The Bertz CT molecular complexity index is 2460. The minimum absolute atomic E-state index is 0.108. The first-order valence-corrected chi connectivity index (χ1v) is 21.5. The largest absolute Gasteiger partial charge is 0.453 e. The molecule has 0 aliphatic carbocycles. The summed E-state index contributed by atoms with van der Waals surface area (Å²) in [5.41, 5.74) is 6.72. The van der Waals surface area contributed by atoms with Crippen LogP contribution in [-0.2, 0) is 19.1 Å². The van der Waals surface area contributed by atoms with Crippen LogP contribution in [-0.4, -0.2) is 87.1 Å². The number of nitrogens with zero attached hydrogens (tertiary/aromatic N) is 4. The number of aromatic amines is 2. The van der Waals surface area contributed by atoms with Crippen molar-refractivity contribution in [2.75, 3.05) is 27.3 Å². The van der Waals surface area contributed by atoms with Gasteiger partial charge in [0.2, 0.25) is 5.91 Å². The minimum atomic E-state index is -0.882. The number of carbonyl (C=O) groups excluding carboxylic acids is 4. The molecular formula is C43H46N8O6S2. The number of amides is 4. The molecule has 0 spiro atoms. The number of alkyl carbamates (subject to hydrolysis) is 2. The average molecular weight is 835 g/mol. The molecule has 6 aromatic rings. The Morgan fingerprint density at radius 3 is 1.88 bits per heavy atom. The number of ether oxygens (including phenoxy) is 2. The summed E-state index contributed by atoms with van der Waals surface area (Å²) in [6.07, 6.45) is 5.56. The van der Waals surface area contributed by atoms with E-state index in [1.165, 1.54) is 18.9 Å². The number of aromatic nitrogens is 4. The normalized spacial score (nSPS) is 17.6. The molecule has 4 N–H and O–H groups in total. The Labute approximate surface area is 349 Å². The topological polar surface area (TPSA) is 175 Å². The van der Waals surface area contributed by atoms with E-state index >= 15 is 0 Å². The number of likely N-dealkylation sites (tertiary alicyclic amines) is 2. The second kappa shape index (κ2) is 17.1. The number of hydrogen-bond acceptors (Lipinski definition) is 10. The third-order valence-electron chi connectivity index (χ3n) is 11.2. The zero-order valence-electron chi connectivity index (χ0n) is 33.2. The third kappa shape index (κ3) is 7.93. The van der Waals surface area contributed by atoms with E-state index in [2.05, 4.69) is 55.6 Å². The molecule has 16 heteroatoms. The lowest BCUT2D eigenvalue weighted by molar-refractivity contribution is -0.135. The second-order valence-electron chi connectivity index (χ2n) is 15.1. The Morgan fingerprint density at radius 2 is 1.25 bits per heavy atom. The zero-order valence-corrected chi connectivity index (χ0v) is 34.8. The highest BCUT2D eigenvalue weighted by Crippen LogP contribution is 2.44. The lowest BCUT2D eigenvalue weighted by Gasteiger charge is -2.30. The number of fused-ring (bicyclic) bond motifs is 1. The van der Waals surface area contributed by atoms with Crippen molar-refractivity contribution in [1.29, 1.82) is 0 Å². The highest BCUT2D eigenvalue weighted by Gasteiger charge is 2.39. The van der Waals surface area contributed by atoms with Crippen LogP contribution in [0, 0.1) is 5.92 Å². The highest BCUT2D eigenvalue weighted by atomic mass is 32.1. The Morgan fingerprint density at radius 1 is 0.712 bits per heavy atom. The molecule has 1 unspecified atom stereocenters. The molecule has 0 bridgehead atoms. The van der Waals surface area contributed by atoms with Gasteiger partial charge in [-0.2, -0.15) is 0 Å². The molecule has 0 saturated carbocycles. The van der Waals surface area contributed by atoms with E-state index in [1.54, 1.807) is 27.6 Å². The van der Waals surface area contributed by atoms with Crippen molar-refractivity contribution in [3.8, 4) is 33.6 Å². The maximum absolute atomic E-state index is 14.0. The van der Waals surface area contributed by atoms with Gasteiger partial charge in [0, 0.05) is 35.0 Å². The number of benzene rings is 2. The van der Waals surface area contributed by atoms with Crippen LogP contribution in [0.1, 0.15) is 74.9 Å². The van der Waals surface area contributed by atoms with E-state index < -0.39 is 24.3 Å². The number of carbonyl (C=O) groups is 4. The summed E-state index contributed by atoms with van der Waals surface area (Å²) in [4.78, 5) is 71.9. The van der Waals surface area contributed by atoms with Crippen LogP contribution >= 0.6 is 22.7 Å². The number of imidazole rings is 2. The molecule has 14 nitrogen and oxygen atoms in total. The van der Waals surface area contributed by atoms with Crippen LogP contribution in [0.5, 0.6) is 0 Å². The number of hydrogen-bond donors (Lipinski definition) is 4. The SMILES string of the molecule is COC(=O)N[C@H](C(=O)N1CCC[C@H]1c1ncc(-c2ccc(-c3csc4c(-c5cnc(C6CCCN6C(=O)[C@H](NC(=O)OC)c6ccccc6)[nH]5)csc34)cc2)[nH]1)C(C)C. The number of thiophene rings is 2. The fraction of sp³-hybridized carbons (Fsp3) is 0.349. The fourth-order valence-corrected chi connectivity index (χ4v) is 10.6. The zero-order chi connectivity index (χ0) is 41.2. The lowest BCUT2D eigenvalue weighted by atomic mass is 10.0. The fourth-order valence-electron chi connectivity index (χ4n) is 8.11. The van der Waals surface area contributed by atoms with Gasteiger partial charge in [-0.1, -0.05) is 68.4 Å². The molecule has 2 aliphatic heterocycles. The Kier molecular flexibility index (Phi) is 11.5. The van der Waals surface area contributed by atoms with Gasteiger partial charge in [0.1, 0.15) is 23.7 Å². The molecule has 2 aromatic carbocycles. The number of H-pyrrole nitrogens is 2. The monoisotopic (exact) mass is 834 g/mol. The van der Waals surface area contributed by atoms with Crippen LogP contribution in [0.25, 0.3) is 43.0 Å². The maximum Gasteiger partial charge on any atom is 0.407 e. The van der Waals surface area contributed by atoms with Crippen LogP contribution in [0.4, 0.5) is 9.59 Å². The second-order valence-corrected chi connectivity index (χ2v) is 16.9. The standard InChI is InChI=1S/C43H46N8O6S2/c1-24(2)34(48-42(54)56-3)40(52)50-18-8-12-32(50)38-44-20-30(46-38)26-16-14-25(15-17-26)28-22-58-37-29(23-59-36(28)37)31-21-45-39(47-31)33-13-9-19-51(33)41(53)35(49-43(55)57-4)27-10-6-5-7-11-27/h5-7,10-11,14-17,20-24,32-35H,8-9,12-13,18-19H2,1-4H3,(H,44,46)(H,45,47)(H,48,54)(H,49,55)/t32-,33?,34-,35+/m0/s1. The molecule has 59 heavy (non-hydrogen) atoms. The van der Waals surface area contributed by atoms with Gasteiger partial charge < -0.3 is 39.9 Å². The molecule has 2 saturated heterocycles. The predicted molar refractivity (Wildman–Crippen MR) is 227 cm³/mol. The first-order valence-electron chi connectivity index (χ1n) is 19.7. The van der Waals surface area contributed by atoms with Gasteiger partial charge in [0.15, 0.2) is 0 Å².